The summed E-state index contributed by atoms with van der Waals surface area (Å²) in [6, 6.07) is 7.73. The number of methoxy groups -OCH3 is 1. The maximum atomic E-state index is 11.7. The lowest BCUT2D eigenvalue weighted by Gasteiger charge is -2.10. The van der Waals surface area contributed by atoms with Gasteiger partial charge in [0.2, 0.25) is 0 Å². The van der Waals surface area contributed by atoms with Crippen molar-refractivity contribution in [2.24, 2.45) is 0 Å². The Morgan fingerprint density at radius 2 is 2.05 bits per heavy atom. The lowest BCUT2D eigenvalue weighted by Crippen LogP contribution is -2.10. The summed E-state index contributed by atoms with van der Waals surface area (Å²) in [7, 11) is 0.831. The fourth-order valence-corrected chi connectivity index (χ4v) is 2.81. The first-order valence-corrected chi connectivity index (χ1v) is 8.99. The van der Waals surface area contributed by atoms with Crippen LogP contribution in [-0.4, -0.2) is 37.6 Å². The Bertz CT molecular complexity index is 653. The van der Waals surface area contributed by atoms with Gasteiger partial charge in [-0.2, -0.15) is 5.10 Å². The average molecular weight is 321 g/mol. The van der Waals surface area contributed by atoms with E-state index in [9.17, 15) is 4.21 Å². The van der Waals surface area contributed by atoms with Gasteiger partial charge in [-0.25, -0.2) is 9.67 Å². The van der Waals surface area contributed by atoms with Gasteiger partial charge < -0.3 is 4.74 Å². The van der Waals surface area contributed by atoms with Crippen LogP contribution < -0.4 is 4.74 Å². The number of hydrogen-bond acceptors (Lipinski definition) is 4. The Morgan fingerprint density at radius 1 is 1.32 bits per heavy atom. The van der Waals surface area contributed by atoms with Gasteiger partial charge in [-0.05, 0) is 12.1 Å². The van der Waals surface area contributed by atoms with E-state index in [1.807, 2.05) is 35.9 Å². The highest BCUT2D eigenvalue weighted by Crippen LogP contribution is 2.24. The molecule has 1 aromatic heterocycles. The van der Waals surface area contributed by atoms with Crippen LogP contribution in [0.25, 0.3) is 5.69 Å². The molecular formula is C16H23N3O2S. The van der Waals surface area contributed by atoms with E-state index < -0.39 is 10.8 Å². The second kappa shape index (κ2) is 7.54. The highest BCUT2D eigenvalue weighted by Gasteiger charge is 2.16. The van der Waals surface area contributed by atoms with E-state index in [2.05, 4.69) is 23.9 Å². The van der Waals surface area contributed by atoms with E-state index in [4.69, 9.17) is 4.74 Å². The van der Waals surface area contributed by atoms with Crippen molar-refractivity contribution in [1.29, 1.82) is 0 Å². The van der Waals surface area contributed by atoms with E-state index in [1.165, 1.54) is 0 Å². The van der Waals surface area contributed by atoms with Gasteiger partial charge in [0.1, 0.15) is 17.3 Å². The predicted molar refractivity (Wildman–Crippen MR) is 89.3 cm³/mol. The summed E-state index contributed by atoms with van der Waals surface area (Å²) in [5.74, 6) is 3.88. The van der Waals surface area contributed by atoms with Crippen molar-refractivity contribution < 1.29 is 8.95 Å². The molecule has 0 spiro atoms. The molecule has 0 saturated heterocycles. The van der Waals surface area contributed by atoms with Crippen LogP contribution in [-0.2, 0) is 17.2 Å². The van der Waals surface area contributed by atoms with Gasteiger partial charge in [-0.1, -0.05) is 32.9 Å². The van der Waals surface area contributed by atoms with E-state index in [1.54, 1.807) is 7.11 Å². The Kier molecular flexibility index (Phi) is 5.71. The second-order valence-electron chi connectivity index (χ2n) is 5.31. The molecule has 120 valence electrons. The quantitative estimate of drug-likeness (QED) is 0.787. The first kappa shape index (κ1) is 16.7. The normalized spacial score (nSPS) is 12.6. The molecule has 2 aromatic rings. The van der Waals surface area contributed by atoms with Crippen LogP contribution in [0.2, 0.25) is 0 Å². The summed E-state index contributed by atoms with van der Waals surface area (Å²) in [6.07, 6.45) is 0.637. The van der Waals surface area contributed by atoms with Crippen molar-refractivity contribution in [3.05, 3.63) is 35.9 Å². The molecule has 0 saturated carbocycles. The van der Waals surface area contributed by atoms with E-state index >= 15 is 0 Å². The zero-order chi connectivity index (χ0) is 16.1. The number of ether oxygens (including phenoxy) is 1. The maximum Gasteiger partial charge on any atom is 0.153 e. The molecule has 1 heterocycles. The van der Waals surface area contributed by atoms with Crippen LogP contribution in [0, 0.1) is 0 Å². The van der Waals surface area contributed by atoms with Crippen molar-refractivity contribution in [1.82, 2.24) is 14.8 Å². The molecule has 0 bridgehead atoms. The van der Waals surface area contributed by atoms with Crippen LogP contribution in [0.5, 0.6) is 5.75 Å². The van der Waals surface area contributed by atoms with Crippen LogP contribution >= 0.6 is 0 Å². The van der Waals surface area contributed by atoms with Crippen molar-refractivity contribution in [2.75, 3.05) is 18.6 Å². The maximum absolute atomic E-state index is 11.7. The molecule has 0 N–H and O–H groups in total. The average Bonchev–Trinajstić information content (AvgIpc) is 2.96. The molecule has 2 rings (SSSR count). The van der Waals surface area contributed by atoms with Crippen LogP contribution in [0.3, 0.4) is 0 Å². The van der Waals surface area contributed by atoms with Gasteiger partial charge in [0.05, 0.1) is 7.11 Å². The number of rotatable bonds is 7. The molecule has 0 aliphatic carbocycles. The third-order valence-electron chi connectivity index (χ3n) is 3.40. The highest BCUT2D eigenvalue weighted by molar-refractivity contribution is 7.84. The summed E-state index contributed by atoms with van der Waals surface area (Å²) >= 11 is 0. The topological polar surface area (TPSA) is 57.0 Å². The summed E-state index contributed by atoms with van der Waals surface area (Å²) in [5.41, 5.74) is 0.863. The molecule has 22 heavy (non-hydrogen) atoms. The Balaban J connectivity index is 2.42. The monoisotopic (exact) mass is 321 g/mol. The minimum atomic E-state index is -0.813. The molecule has 0 aliphatic rings. The molecule has 0 fully saturated rings. The predicted octanol–water partition coefficient (Wildman–Crippen LogP) is 2.71. The second-order valence-corrected chi connectivity index (χ2v) is 7.17. The Hall–Kier alpha value is -1.69. The number of hydrogen-bond donors (Lipinski definition) is 0. The zero-order valence-electron chi connectivity index (χ0n) is 13.6. The van der Waals surface area contributed by atoms with E-state index in [-0.39, 0.29) is 5.92 Å². The van der Waals surface area contributed by atoms with Gasteiger partial charge in [0.25, 0.3) is 0 Å². The Labute approximate surface area is 134 Å². The molecule has 1 atom stereocenters. The lowest BCUT2D eigenvalue weighted by atomic mass is 10.2. The van der Waals surface area contributed by atoms with Crippen LogP contribution in [0.4, 0.5) is 0 Å². The number of nitrogens with zero attached hydrogens (tertiary/aromatic N) is 3. The number of benzene rings is 1. The van der Waals surface area contributed by atoms with Gasteiger partial charge in [-0.15, -0.1) is 0 Å². The first-order chi connectivity index (χ1) is 10.6. The fourth-order valence-electron chi connectivity index (χ4n) is 2.12. The SMILES string of the molecule is CCS(=O)CCc1nc(C(C)C)nn1-c1ccccc1OC. The summed E-state index contributed by atoms with van der Waals surface area (Å²) < 4.78 is 19.0. The van der Waals surface area contributed by atoms with Crippen LogP contribution in [0.15, 0.2) is 24.3 Å². The van der Waals surface area contributed by atoms with E-state index in [0.29, 0.717) is 17.9 Å². The van der Waals surface area contributed by atoms with Crippen LogP contribution in [0.1, 0.15) is 38.3 Å². The molecule has 1 unspecified atom stereocenters. The van der Waals surface area contributed by atoms with Gasteiger partial charge in [0, 0.05) is 34.6 Å². The minimum Gasteiger partial charge on any atom is -0.494 e. The molecule has 5 nitrogen and oxygen atoms in total. The molecule has 6 heteroatoms. The molecule has 0 radical (unpaired) electrons. The highest BCUT2D eigenvalue weighted by atomic mass is 32.2. The molecule has 0 aliphatic heterocycles. The smallest absolute Gasteiger partial charge is 0.153 e. The molecule has 1 aromatic carbocycles. The third kappa shape index (κ3) is 3.74. The van der Waals surface area contributed by atoms with Gasteiger partial charge >= 0.3 is 0 Å². The van der Waals surface area contributed by atoms with Crippen molar-refractivity contribution >= 4 is 10.8 Å². The Morgan fingerprint density at radius 3 is 2.68 bits per heavy atom. The number of aryl methyl sites for hydroxylation is 1. The minimum absolute atomic E-state index is 0.242. The lowest BCUT2D eigenvalue weighted by molar-refractivity contribution is 0.411. The van der Waals surface area contributed by atoms with Gasteiger partial charge in [-0.3, -0.25) is 4.21 Å². The summed E-state index contributed by atoms with van der Waals surface area (Å²) in [6.45, 7) is 6.06. The van der Waals surface area contributed by atoms with Gasteiger partial charge in [0.15, 0.2) is 5.82 Å². The number of aromatic nitrogens is 3. The summed E-state index contributed by atoms with van der Waals surface area (Å²) in [4.78, 5) is 4.63. The molecule has 0 amide bonds. The van der Waals surface area contributed by atoms with Crippen molar-refractivity contribution in [3.8, 4) is 11.4 Å². The molecular weight excluding hydrogens is 298 g/mol. The number of para-hydroxylation sites is 2. The van der Waals surface area contributed by atoms with Crippen molar-refractivity contribution in [3.63, 3.8) is 0 Å². The zero-order valence-corrected chi connectivity index (χ0v) is 14.4. The summed E-state index contributed by atoms with van der Waals surface area (Å²) in [5, 5.41) is 4.62. The fraction of sp³-hybridized carbons (Fsp3) is 0.500. The van der Waals surface area contributed by atoms with E-state index in [0.717, 1.165) is 23.1 Å². The largest absolute Gasteiger partial charge is 0.494 e. The first-order valence-electron chi connectivity index (χ1n) is 7.51. The van der Waals surface area contributed by atoms with Crippen molar-refractivity contribution in [2.45, 2.75) is 33.1 Å². The third-order valence-corrected chi connectivity index (χ3v) is 4.70. The standard InChI is InChI=1S/C16H23N3O2S/c1-5-22(20)11-10-15-17-16(12(2)3)18-19(15)13-8-6-7-9-14(13)21-4/h6-9,12H,5,10-11H2,1-4H3.